The van der Waals surface area contributed by atoms with Crippen molar-refractivity contribution < 1.29 is 4.58 Å². The fourth-order valence-corrected chi connectivity index (χ4v) is 10.4. The summed E-state index contributed by atoms with van der Waals surface area (Å²) in [7, 11) is 2.26. The van der Waals surface area contributed by atoms with Crippen molar-refractivity contribution >= 4 is 38.6 Å². The first-order chi connectivity index (χ1) is 23.5. The van der Waals surface area contributed by atoms with Crippen LogP contribution in [0.4, 0.5) is 11.4 Å². The number of allylic oxidation sites excluding steroid dienone is 5. The van der Waals surface area contributed by atoms with Gasteiger partial charge in [0.15, 0.2) is 5.71 Å². The zero-order valence-electron chi connectivity index (χ0n) is 29.3. The van der Waals surface area contributed by atoms with Gasteiger partial charge in [0.05, 0.1) is 5.41 Å². The molecule has 4 aliphatic rings. The van der Waals surface area contributed by atoms with Crippen molar-refractivity contribution in [2.24, 2.45) is 5.92 Å². The highest BCUT2D eigenvalue weighted by atomic mass is 15.2. The van der Waals surface area contributed by atoms with Gasteiger partial charge in [-0.1, -0.05) is 118 Å². The van der Waals surface area contributed by atoms with E-state index in [2.05, 4.69) is 127 Å². The lowest BCUT2D eigenvalue weighted by atomic mass is 9.66. The molecule has 246 valence electrons. The van der Waals surface area contributed by atoms with E-state index >= 15 is 0 Å². The van der Waals surface area contributed by atoms with Gasteiger partial charge in [-0.25, -0.2) is 0 Å². The van der Waals surface area contributed by atoms with E-state index in [9.17, 15) is 0 Å². The third-order valence-corrected chi connectivity index (χ3v) is 12.7. The number of anilines is 1. The number of unbranched alkanes of at least 4 members (excludes halogenated alkanes) is 1. The summed E-state index contributed by atoms with van der Waals surface area (Å²) in [5.41, 5.74) is 8.67. The van der Waals surface area contributed by atoms with Crippen LogP contribution in [0.1, 0.15) is 102 Å². The van der Waals surface area contributed by atoms with Crippen molar-refractivity contribution in [3.63, 3.8) is 0 Å². The molecule has 1 unspecified atom stereocenters. The maximum absolute atomic E-state index is 4.23. The predicted molar refractivity (Wildman–Crippen MR) is 206 cm³/mol. The van der Waals surface area contributed by atoms with Gasteiger partial charge in [-0.2, -0.15) is 4.58 Å². The molecule has 2 heteroatoms. The quantitative estimate of drug-likeness (QED) is 0.101. The summed E-state index contributed by atoms with van der Waals surface area (Å²) in [5, 5.41) is 5.51. The Hall–Kier alpha value is -3.91. The Balaban J connectivity index is 1.22. The fraction of sp³-hybridized carbons (Fsp3) is 0.413. The lowest BCUT2D eigenvalue weighted by Gasteiger charge is -2.32. The van der Waals surface area contributed by atoms with Crippen LogP contribution in [0.5, 0.6) is 0 Å². The van der Waals surface area contributed by atoms with Crippen LogP contribution in [-0.4, -0.2) is 23.9 Å². The summed E-state index contributed by atoms with van der Waals surface area (Å²) in [4.78, 5) is 2.44. The monoisotopic (exact) mass is 633 g/mol. The third kappa shape index (κ3) is 5.10. The van der Waals surface area contributed by atoms with Gasteiger partial charge in [0.25, 0.3) is 0 Å². The summed E-state index contributed by atoms with van der Waals surface area (Å²) in [6.07, 6.45) is 26.6. The van der Waals surface area contributed by atoms with Crippen LogP contribution in [-0.2, 0) is 10.8 Å². The topological polar surface area (TPSA) is 6.25 Å². The number of nitrogens with zero attached hydrogens (tertiary/aromatic N) is 2. The summed E-state index contributed by atoms with van der Waals surface area (Å²) < 4.78 is 2.76. The lowest BCUT2D eigenvalue weighted by molar-refractivity contribution is -0.438. The second-order valence-electron chi connectivity index (χ2n) is 15.5. The van der Waals surface area contributed by atoms with E-state index in [1.165, 1.54) is 121 Å². The van der Waals surface area contributed by atoms with Crippen LogP contribution in [0.25, 0.3) is 21.5 Å². The number of benzene rings is 4. The van der Waals surface area contributed by atoms with Gasteiger partial charge in [0.2, 0.25) is 5.69 Å². The highest BCUT2D eigenvalue weighted by Crippen LogP contribution is 2.54. The highest BCUT2D eigenvalue weighted by molar-refractivity contribution is 6.08. The second kappa shape index (κ2) is 12.8. The van der Waals surface area contributed by atoms with Gasteiger partial charge in [-0.3, -0.25) is 0 Å². The van der Waals surface area contributed by atoms with E-state index < -0.39 is 0 Å². The second-order valence-corrected chi connectivity index (χ2v) is 15.5. The Kier molecular flexibility index (Phi) is 8.39. The maximum atomic E-state index is 4.23. The first-order valence-electron chi connectivity index (χ1n) is 19.0. The molecule has 0 N–H and O–H groups in total. The Bertz CT molecular complexity index is 1940. The molecule has 0 radical (unpaired) electrons. The Morgan fingerprint density at radius 3 is 2.23 bits per heavy atom. The van der Waals surface area contributed by atoms with Crippen LogP contribution in [0.2, 0.25) is 0 Å². The van der Waals surface area contributed by atoms with E-state index in [1.54, 1.807) is 11.3 Å². The molecule has 2 saturated carbocycles. The summed E-state index contributed by atoms with van der Waals surface area (Å²) in [6.45, 7) is 7.76. The number of hydrogen-bond donors (Lipinski definition) is 0. The standard InChI is InChI=1S/C46H53N2/c1-4-30-45(2)41(47(3)39-28-26-35-20-8-10-22-37(35)43(39)45)24-16-25-42-46(31-13-5-14-32-46)44-38-23-11-9-21-36(38)27-29-40(44)48(42)33-15-12-19-34-17-6-7-18-34/h4,8-11,16,20-29,34H,1,5-7,12-15,17-19,30-33H2,2-3H3/q+1. The van der Waals surface area contributed by atoms with Crippen molar-refractivity contribution in [1.29, 1.82) is 0 Å². The van der Waals surface area contributed by atoms with Crippen LogP contribution in [0.3, 0.4) is 0 Å². The van der Waals surface area contributed by atoms with Gasteiger partial charge in [0, 0.05) is 48.0 Å². The zero-order chi connectivity index (χ0) is 32.7. The molecule has 0 bridgehead atoms. The molecule has 2 aliphatic heterocycles. The molecule has 2 fully saturated rings. The molecule has 1 atom stereocenters. The van der Waals surface area contributed by atoms with Crippen molar-refractivity contribution in [2.75, 3.05) is 18.5 Å². The van der Waals surface area contributed by atoms with E-state index in [4.69, 9.17) is 0 Å². The molecule has 2 aliphatic carbocycles. The normalized spacial score (nSPS) is 23.0. The van der Waals surface area contributed by atoms with E-state index in [1.807, 2.05) is 0 Å². The SMILES string of the molecule is C=CCC1(C)C(=CC=CC2=[N+](CCCCC3CCCC3)c3ccc4ccccc4c3C23CCCCC3)N(C)c2ccc3ccccc3c21. The van der Waals surface area contributed by atoms with E-state index in [0.29, 0.717) is 0 Å². The van der Waals surface area contributed by atoms with Gasteiger partial charge in [-0.05, 0) is 83.8 Å². The van der Waals surface area contributed by atoms with Gasteiger partial charge in [-0.15, -0.1) is 6.58 Å². The van der Waals surface area contributed by atoms with E-state index in [-0.39, 0.29) is 10.8 Å². The number of hydrogen-bond acceptors (Lipinski definition) is 1. The largest absolute Gasteiger partial charge is 0.347 e. The smallest absolute Gasteiger partial charge is 0.210 e. The first-order valence-corrected chi connectivity index (χ1v) is 19.0. The number of fused-ring (bicyclic) bond motifs is 7. The first kappa shape index (κ1) is 31.4. The summed E-state index contributed by atoms with van der Waals surface area (Å²) in [6, 6.07) is 27.5. The average Bonchev–Trinajstić information content (AvgIpc) is 3.78. The van der Waals surface area contributed by atoms with Crippen molar-refractivity contribution in [1.82, 2.24) is 0 Å². The van der Waals surface area contributed by atoms with Gasteiger partial charge >= 0.3 is 0 Å². The Morgan fingerprint density at radius 2 is 1.50 bits per heavy atom. The molecule has 4 aromatic rings. The minimum atomic E-state index is -0.140. The van der Waals surface area contributed by atoms with Gasteiger partial charge in [0.1, 0.15) is 6.54 Å². The zero-order valence-corrected chi connectivity index (χ0v) is 29.3. The Labute approximate surface area is 288 Å². The predicted octanol–water partition coefficient (Wildman–Crippen LogP) is 12.1. The molecule has 0 aromatic heterocycles. The molecule has 8 rings (SSSR count). The molecule has 48 heavy (non-hydrogen) atoms. The molecular weight excluding hydrogens is 581 g/mol. The lowest BCUT2D eigenvalue weighted by Crippen LogP contribution is -2.36. The maximum Gasteiger partial charge on any atom is 0.210 e. The van der Waals surface area contributed by atoms with Crippen molar-refractivity contribution in [3.8, 4) is 0 Å². The van der Waals surface area contributed by atoms with Crippen molar-refractivity contribution in [2.45, 2.75) is 101 Å². The fourth-order valence-electron chi connectivity index (χ4n) is 10.4. The molecule has 0 saturated heterocycles. The number of likely N-dealkylation sites (N-methyl/N-ethyl adjacent to an activating group) is 1. The minimum absolute atomic E-state index is 0.0834. The molecule has 1 spiro atoms. The third-order valence-electron chi connectivity index (χ3n) is 12.7. The number of rotatable bonds is 9. The molecule has 2 heterocycles. The minimum Gasteiger partial charge on any atom is -0.347 e. The molecule has 2 nitrogen and oxygen atoms in total. The molecule has 0 amide bonds. The van der Waals surface area contributed by atoms with Crippen molar-refractivity contribution in [3.05, 3.63) is 121 Å². The van der Waals surface area contributed by atoms with E-state index in [0.717, 1.165) is 18.9 Å². The van der Waals surface area contributed by atoms with Crippen LogP contribution in [0, 0.1) is 5.92 Å². The van der Waals surface area contributed by atoms with Crippen LogP contribution < -0.4 is 4.90 Å². The summed E-state index contributed by atoms with van der Waals surface area (Å²) in [5.74, 6) is 0.967. The van der Waals surface area contributed by atoms with Crippen LogP contribution >= 0.6 is 0 Å². The molecular formula is C46H53N2+. The van der Waals surface area contributed by atoms with Crippen LogP contribution in [0.15, 0.2) is 109 Å². The molecule has 4 aromatic carbocycles. The average molecular weight is 634 g/mol. The van der Waals surface area contributed by atoms with Gasteiger partial charge < -0.3 is 4.90 Å². The highest BCUT2D eigenvalue weighted by Gasteiger charge is 2.52. The Morgan fingerprint density at radius 1 is 0.812 bits per heavy atom. The summed E-state index contributed by atoms with van der Waals surface area (Å²) >= 11 is 0.